The summed E-state index contributed by atoms with van der Waals surface area (Å²) >= 11 is 0. The largest absolute Gasteiger partial charge is 0.416 e. The molecule has 1 aromatic heterocycles. The molecule has 0 fully saturated rings. The summed E-state index contributed by atoms with van der Waals surface area (Å²) in [4.78, 5) is 3.95. The lowest BCUT2D eigenvalue weighted by molar-refractivity contribution is -0.137. The fourth-order valence-corrected chi connectivity index (χ4v) is 1.76. The van der Waals surface area contributed by atoms with E-state index in [-0.39, 0.29) is 18.2 Å². The van der Waals surface area contributed by atoms with E-state index in [1.165, 1.54) is 12.3 Å². The highest BCUT2D eigenvalue weighted by Crippen LogP contribution is 2.32. The molecular formula is C13H13F3N2O. The van der Waals surface area contributed by atoms with Gasteiger partial charge in [0.2, 0.25) is 0 Å². The van der Waals surface area contributed by atoms with Crippen LogP contribution in [0.3, 0.4) is 0 Å². The smallest absolute Gasteiger partial charge is 0.394 e. The summed E-state index contributed by atoms with van der Waals surface area (Å²) in [6.45, 7) is 1.71. The van der Waals surface area contributed by atoms with Crippen LogP contribution in [0.25, 0.3) is 10.9 Å². The zero-order valence-corrected chi connectivity index (χ0v) is 10.2. The second kappa shape index (κ2) is 5.05. The Labute approximate surface area is 108 Å². The van der Waals surface area contributed by atoms with E-state index in [4.69, 9.17) is 5.11 Å². The highest BCUT2D eigenvalue weighted by atomic mass is 19.4. The first kappa shape index (κ1) is 13.6. The summed E-state index contributed by atoms with van der Waals surface area (Å²) in [6, 6.07) is 4.91. The van der Waals surface area contributed by atoms with E-state index >= 15 is 0 Å². The fourth-order valence-electron chi connectivity index (χ4n) is 1.76. The fraction of sp³-hybridized carbons (Fsp3) is 0.308. The van der Waals surface area contributed by atoms with Crippen molar-refractivity contribution in [3.63, 3.8) is 0 Å². The Morgan fingerprint density at radius 1 is 1.32 bits per heavy atom. The number of aromatic nitrogens is 1. The monoisotopic (exact) mass is 270 g/mol. The van der Waals surface area contributed by atoms with Crippen LogP contribution in [-0.2, 0) is 6.18 Å². The first-order valence-electron chi connectivity index (χ1n) is 5.75. The van der Waals surface area contributed by atoms with E-state index in [2.05, 4.69) is 10.3 Å². The Balaban J connectivity index is 2.47. The first-order chi connectivity index (χ1) is 8.91. The molecule has 1 heterocycles. The molecule has 0 amide bonds. The molecular weight excluding hydrogens is 257 g/mol. The van der Waals surface area contributed by atoms with Crippen molar-refractivity contribution >= 4 is 16.6 Å². The predicted octanol–water partition coefficient (Wildman–Crippen LogP) is 3.05. The number of benzene rings is 1. The predicted molar refractivity (Wildman–Crippen MR) is 66.9 cm³/mol. The van der Waals surface area contributed by atoms with Gasteiger partial charge in [-0.3, -0.25) is 4.98 Å². The summed E-state index contributed by atoms with van der Waals surface area (Å²) in [6.07, 6.45) is -2.94. The van der Waals surface area contributed by atoms with Crippen LogP contribution in [0.2, 0.25) is 0 Å². The average molecular weight is 270 g/mol. The van der Waals surface area contributed by atoms with E-state index in [9.17, 15) is 13.2 Å². The third-order valence-corrected chi connectivity index (χ3v) is 2.75. The molecule has 0 bridgehead atoms. The zero-order chi connectivity index (χ0) is 14.0. The third-order valence-electron chi connectivity index (χ3n) is 2.75. The van der Waals surface area contributed by atoms with E-state index in [0.717, 1.165) is 12.1 Å². The topological polar surface area (TPSA) is 45.1 Å². The number of hydrogen-bond acceptors (Lipinski definition) is 3. The van der Waals surface area contributed by atoms with Gasteiger partial charge in [0, 0.05) is 23.3 Å². The lowest BCUT2D eigenvalue weighted by atomic mass is 10.1. The molecule has 2 N–H and O–H groups in total. The number of hydrogen-bond donors (Lipinski definition) is 2. The van der Waals surface area contributed by atoms with Crippen molar-refractivity contribution in [1.29, 1.82) is 0 Å². The van der Waals surface area contributed by atoms with Gasteiger partial charge >= 0.3 is 6.18 Å². The molecule has 0 radical (unpaired) electrons. The summed E-state index contributed by atoms with van der Waals surface area (Å²) in [5, 5.41) is 12.6. The number of aliphatic hydroxyl groups excluding tert-OH is 1. The number of halogens is 3. The molecule has 0 spiro atoms. The molecule has 6 heteroatoms. The number of nitrogens with one attached hydrogen (secondary N) is 1. The van der Waals surface area contributed by atoms with E-state index in [1.54, 1.807) is 13.0 Å². The molecule has 19 heavy (non-hydrogen) atoms. The van der Waals surface area contributed by atoms with Gasteiger partial charge in [-0.15, -0.1) is 0 Å². The normalized spacial score (nSPS) is 13.5. The molecule has 1 unspecified atom stereocenters. The molecule has 3 nitrogen and oxygen atoms in total. The van der Waals surface area contributed by atoms with Gasteiger partial charge in [0.25, 0.3) is 0 Å². The van der Waals surface area contributed by atoms with Gasteiger partial charge in [-0.2, -0.15) is 13.2 Å². The first-order valence-corrected chi connectivity index (χ1v) is 5.75. The molecule has 0 aliphatic carbocycles. The number of anilines is 1. The highest BCUT2D eigenvalue weighted by Gasteiger charge is 2.30. The maximum atomic E-state index is 12.6. The maximum Gasteiger partial charge on any atom is 0.416 e. The van der Waals surface area contributed by atoms with Gasteiger partial charge in [-0.25, -0.2) is 0 Å². The highest BCUT2D eigenvalue weighted by molar-refractivity contribution is 5.91. The van der Waals surface area contributed by atoms with Crippen molar-refractivity contribution in [2.45, 2.75) is 19.1 Å². The van der Waals surface area contributed by atoms with Crippen LogP contribution in [-0.4, -0.2) is 22.7 Å². The van der Waals surface area contributed by atoms with Crippen LogP contribution < -0.4 is 5.32 Å². The lowest BCUT2D eigenvalue weighted by Gasteiger charge is -2.15. The molecule has 0 saturated carbocycles. The number of aliphatic hydroxyl groups is 1. The van der Waals surface area contributed by atoms with Crippen molar-refractivity contribution in [2.24, 2.45) is 0 Å². The molecule has 2 aromatic rings. The van der Waals surface area contributed by atoms with Crippen LogP contribution in [0.4, 0.5) is 18.9 Å². The Morgan fingerprint density at radius 2 is 2.05 bits per heavy atom. The van der Waals surface area contributed by atoms with Gasteiger partial charge in [0.1, 0.15) is 0 Å². The number of fused-ring (bicyclic) bond motifs is 1. The van der Waals surface area contributed by atoms with Gasteiger partial charge in [-0.1, -0.05) is 6.07 Å². The molecule has 1 aromatic carbocycles. The Kier molecular flexibility index (Phi) is 3.61. The van der Waals surface area contributed by atoms with E-state index in [1.807, 2.05) is 0 Å². The van der Waals surface area contributed by atoms with Crippen LogP contribution >= 0.6 is 0 Å². The van der Waals surface area contributed by atoms with E-state index in [0.29, 0.717) is 11.1 Å². The Hall–Kier alpha value is -1.82. The van der Waals surface area contributed by atoms with Gasteiger partial charge in [0.15, 0.2) is 0 Å². The summed E-state index contributed by atoms with van der Waals surface area (Å²) in [7, 11) is 0. The second-order valence-corrected chi connectivity index (χ2v) is 4.32. The Morgan fingerprint density at radius 3 is 2.68 bits per heavy atom. The van der Waals surface area contributed by atoms with Crippen molar-refractivity contribution in [1.82, 2.24) is 4.98 Å². The summed E-state index contributed by atoms with van der Waals surface area (Å²) in [5.74, 6) is 0. The van der Waals surface area contributed by atoms with Crippen LogP contribution in [0.1, 0.15) is 12.5 Å². The minimum absolute atomic E-state index is 0.0650. The van der Waals surface area contributed by atoms with Crippen molar-refractivity contribution in [2.75, 3.05) is 11.9 Å². The van der Waals surface area contributed by atoms with Crippen LogP contribution in [0, 0.1) is 0 Å². The maximum absolute atomic E-state index is 12.6. The van der Waals surface area contributed by atoms with E-state index < -0.39 is 11.7 Å². The second-order valence-electron chi connectivity index (χ2n) is 4.32. The van der Waals surface area contributed by atoms with Crippen molar-refractivity contribution < 1.29 is 18.3 Å². The summed E-state index contributed by atoms with van der Waals surface area (Å²) < 4.78 is 37.8. The van der Waals surface area contributed by atoms with Crippen molar-refractivity contribution in [3.8, 4) is 0 Å². The van der Waals surface area contributed by atoms with Gasteiger partial charge in [-0.05, 0) is 25.1 Å². The molecule has 102 valence electrons. The van der Waals surface area contributed by atoms with Crippen molar-refractivity contribution in [3.05, 3.63) is 36.0 Å². The molecule has 0 aliphatic heterocycles. The molecule has 1 atom stereocenters. The minimum Gasteiger partial charge on any atom is -0.394 e. The SMILES string of the molecule is CC(CO)Nc1ccnc2cc(C(F)(F)F)ccc12. The number of nitrogens with zero attached hydrogens (tertiary/aromatic N) is 1. The van der Waals surface area contributed by atoms with Crippen LogP contribution in [0.15, 0.2) is 30.5 Å². The van der Waals surface area contributed by atoms with Gasteiger partial charge < -0.3 is 10.4 Å². The zero-order valence-electron chi connectivity index (χ0n) is 10.2. The quantitative estimate of drug-likeness (QED) is 0.901. The average Bonchev–Trinajstić information content (AvgIpc) is 2.37. The standard InChI is InChI=1S/C13H13F3N2O/c1-8(7-19)18-11-4-5-17-12-6-9(13(14,15)16)2-3-10(11)12/h2-6,8,19H,7H2,1H3,(H,17,18). The number of pyridine rings is 1. The molecule has 2 rings (SSSR count). The third kappa shape index (κ3) is 2.96. The van der Waals surface area contributed by atoms with Gasteiger partial charge in [0.05, 0.1) is 17.7 Å². The lowest BCUT2D eigenvalue weighted by Crippen LogP contribution is -2.19. The summed E-state index contributed by atoms with van der Waals surface area (Å²) in [5.41, 5.74) is 0.199. The Bertz CT molecular complexity index is 584. The van der Waals surface area contributed by atoms with Crippen LogP contribution in [0.5, 0.6) is 0 Å². The minimum atomic E-state index is -4.38. The number of alkyl halides is 3. The number of rotatable bonds is 3. The molecule has 0 saturated heterocycles. The molecule has 0 aliphatic rings.